The lowest BCUT2D eigenvalue weighted by molar-refractivity contribution is -0.121. The van der Waals surface area contributed by atoms with E-state index in [1.807, 2.05) is 24.3 Å². The molecular weight excluding hydrogens is 362 g/mol. The van der Waals surface area contributed by atoms with E-state index in [1.165, 1.54) is 10.5 Å². The Kier molecular flexibility index (Phi) is 5.81. The Hall–Kier alpha value is -2.80. The second kappa shape index (κ2) is 8.26. The molecule has 140 valence electrons. The Morgan fingerprint density at radius 1 is 1.19 bits per heavy atom. The number of nitrogens with zero attached hydrogens (tertiary/aromatic N) is 1. The zero-order valence-corrected chi connectivity index (χ0v) is 16.0. The number of benzene rings is 2. The zero-order chi connectivity index (χ0) is 19.4. The Morgan fingerprint density at radius 2 is 1.85 bits per heavy atom. The standard InChI is InChI=1S/C20H21N3O3S/c1-3-13-4-8-15(9-5-13)23-19(25)17(27-20(23)21)12-18(24)22-14-6-10-16(26-2)11-7-14/h4-11,17,21H,3,12H2,1-2H3,(H,22,24). The fraction of sp³-hybridized carbons (Fsp3) is 0.250. The Labute approximate surface area is 162 Å². The van der Waals surface area contributed by atoms with E-state index in [-0.39, 0.29) is 23.4 Å². The molecular formula is C20H21N3O3S. The molecule has 6 nitrogen and oxygen atoms in total. The predicted octanol–water partition coefficient (Wildman–Crippen LogP) is 3.67. The summed E-state index contributed by atoms with van der Waals surface area (Å²) in [5, 5.41) is 10.5. The summed E-state index contributed by atoms with van der Waals surface area (Å²) in [5.74, 6) is 0.203. The molecule has 0 radical (unpaired) electrons. The molecule has 2 N–H and O–H groups in total. The second-order valence-corrected chi connectivity index (χ2v) is 7.28. The average Bonchev–Trinajstić information content (AvgIpc) is 2.95. The summed E-state index contributed by atoms with van der Waals surface area (Å²) in [6, 6.07) is 14.6. The number of carbonyl (C=O) groups is 2. The topological polar surface area (TPSA) is 82.5 Å². The quantitative estimate of drug-likeness (QED) is 0.797. The van der Waals surface area contributed by atoms with Gasteiger partial charge >= 0.3 is 0 Å². The van der Waals surface area contributed by atoms with Crippen LogP contribution in [-0.2, 0) is 16.0 Å². The number of ether oxygens (including phenoxy) is 1. The Balaban J connectivity index is 1.64. The number of thioether (sulfide) groups is 1. The van der Waals surface area contributed by atoms with Crippen molar-refractivity contribution in [1.82, 2.24) is 0 Å². The molecule has 0 aliphatic carbocycles. The molecule has 0 aromatic heterocycles. The van der Waals surface area contributed by atoms with Crippen LogP contribution >= 0.6 is 11.8 Å². The van der Waals surface area contributed by atoms with Crippen LogP contribution in [-0.4, -0.2) is 29.3 Å². The first-order valence-corrected chi connectivity index (χ1v) is 9.51. The minimum atomic E-state index is -0.596. The van der Waals surface area contributed by atoms with Crippen molar-refractivity contribution in [3.63, 3.8) is 0 Å². The molecule has 1 fully saturated rings. The lowest BCUT2D eigenvalue weighted by Crippen LogP contribution is -2.33. The summed E-state index contributed by atoms with van der Waals surface area (Å²) in [7, 11) is 1.58. The summed E-state index contributed by atoms with van der Waals surface area (Å²) >= 11 is 1.11. The van der Waals surface area contributed by atoms with E-state index in [0.29, 0.717) is 17.1 Å². The van der Waals surface area contributed by atoms with E-state index >= 15 is 0 Å². The van der Waals surface area contributed by atoms with Gasteiger partial charge in [-0.3, -0.25) is 19.9 Å². The smallest absolute Gasteiger partial charge is 0.247 e. The fourth-order valence-corrected chi connectivity index (χ4v) is 3.80. The molecule has 1 unspecified atom stereocenters. The minimum Gasteiger partial charge on any atom is -0.497 e. The third-order valence-corrected chi connectivity index (χ3v) is 5.36. The van der Waals surface area contributed by atoms with E-state index < -0.39 is 5.25 Å². The lowest BCUT2D eigenvalue weighted by atomic mass is 10.1. The van der Waals surface area contributed by atoms with Gasteiger partial charge in [-0.25, -0.2) is 0 Å². The predicted molar refractivity (Wildman–Crippen MR) is 109 cm³/mol. The summed E-state index contributed by atoms with van der Waals surface area (Å²) < 4.78 is 5.09. The van der Waals surface area contributed by atoms with E-state index in [9.17, 15) is 9.59 Å². The summed E-state index contributed by atoms with van der Waals surface area (Å²) in [5.41, 5.74) is 2.46. The summed E-state index contributed by atoms with van der Waals surface area (Å²) in [4.78, 5) is 26.4. The number of hydrogen-bond donors (Lipinski definition) is 2. The third-order valence-electron chi connectivity index (χ3n) is 4.30. The number of amides is 2. The van der Waals surface area contributed by atoms with Gasteiger partial charge in [0.15, 0.2) is 5.17 Å². The molecule has 27 heavy (non-hydrogen) atoms. The van der Waals surface area contributed by atoms with Crippen molar-refractivity contribution < 1.29 is 14.3 Å². The van der Waals surface area contributed by atoms with Crippen LogP contribution in [0.15, 0.2) is 48.5 Å². The minimum absolute atomic E-state index is 0.0153. The van der Waals surface area contributed by atoms with E-state index in [2.05, 4.69) is 12.2 Å². The number of anilines is 2. The van der Waals surface area contributed by atoms with Gasteiger partial charge in [-0.15, -0.1) is 0 Å². The highest BCUT2D eigenvalue weighted by molar-refractivity contribution is 8.16. The number of methoxy groups -OCH3 is 1. The summed E-state index contributed by atoms with van der Waals surface area (Å²) in [6.45, 7) is 2.06. The van der Waals surface area contributed by atoms with Crippen molar-refractivity contribution in [2.24, 2.45) is 0 Å². The maximum absolute atomic E-state index is 12.7. The van der Waals surface area contributed by atoms with Crippen LogP contribution in [0, 0.1) is 5.41 Å². The average molecular weight is 383 g/mol. The molecule has 0 bridgehead atoms. The number of nitrogens with one attached hydrogen (secondary N) is 2. The Bertz CT molecular complexity index is 850. The molecule has 1 heterocycles. The van der Waals surface area contributed by atoms with Gasteiger partial charge in [-0.2, -0.15) is 0 Å². The molecule has 2 aromatic rings. The van der Waals surface area contributed by atoms with Crippen LogP contribution in [0.5, 0.6) is 5.75 Å². The van der Waals surface area contributed by atoms with Crippen molar-refractivity contribution in [1.29, 1.82) is 5.41 Å². The number of hydrogen-bond acceptors (Lipinski definition) is 5. The maximum Gasteiger partial charge on any atom is 0.247 e. The van der Waals surface area contributed by atoms with Gasteiger partial charge in [0.05, 0.1) is 12.8 Å². The molecule has 1 aliphatic rings. The molecule has 1 aliphatic heterocycles. The first kappa shape index (κ1) is 19.0. The van der Waals surface area contributed by atoms with Crippen molar-refractivity contribution in [2.75, 3.05) is 17.3 Å². The molecule has 7 heteroatoms. The number of amidine groups is 1. The SMILES string of the molecule is CCc1ccc(N2C(=N)SC(CC(=O)Nc3ccc(OC)cc3)C2=O)cc1. The molecule has 2 amide bonds. The van der Waals surface area contributed by atoms with Gasteiger partial charge in [0, 0.05) is 12.1 Å². The van der Waals surface area contributed by atoms with Gasteiger partial charge in [0.1, 0.15) is 11.0 Å². The highest BCUT2D eigenvalue weighted by Gasteiger charge is 2.39. The first-order chi connectivity index (χ1) is 13.0. The largest absolute Gasteiger partial charge is 0.497 e. The molecule has 1 atom stereocenters. The molecule has 2 aromatic carbocycles. The van der Waals surface area contributed by atoms with Crippen LogP contribution in [0.3, 0.4) is 0 Å². The molecule has 0 saturated carbocycles. The van der Waals surface area contributed by atoms with Crippen molar-refractivity contribution in [3.05, 3.63) is 54.1 Å². The molecule has 0 spiro atoms. The lowest BCUT2D eigenvalue weighted by Gasteiger charge is -2.16. The van der Waals surface area contributed by atoms with Crippen LogP contribution < -0.4 is 15.0 Å². The fourth-order valence-electron chi connectivity index (χ4n) is 2.79. The highest BCUT2D eigenvalue weighted by Crippen LogP contribution is 2.33. The van der Waals surface area contributed by atoms with Gasteiger partial charge in [-0.05, 0) is 48.4 Å². The van der Waals surface area contributed by atoms with Gasteiger partial charge in [0.25, 0.3) is 0 Å². The maximum atomic E-state index is 12.7. The monoisotopic (exact) mass is 383 g/mol. The van der Waals surface area contributed by atoms with Crippen molar-refractivity contribution in [3.8, 4) is 5.75 Å². The van der Waals surface area contributed by atoms with E-state index in [0.717, 1.165) is 18.2 Å². The van der Waals surface area contributed by atoms with E-state index in [1.54, 1.807) is 31.4 Å². The van der Waals surface area contributed by atoms with Crippen LogP contribution in [0.2, 0.25) is 0 Å². The van der Waals surface area contributed by atoms with Crippen LogP contribution in [0.1, 0.15) is 18.9 Å². The third kappa shape index (κ3) is 4.31. The van der Waals surface area contributed by atoms with E-state index in [4.69, 9.17) is 10.1 Å². The summed E-state index contributed by atoms with van der Waals surface area (Å²) in [6.07, 6.45) is 0.927. The first-order valence-electron chi connectivity index (χ1n) is 8.64. The Morgan fingerprint density at radius 3 is 2.44 bits per heavy atom. The van der Waals surface area contributed by atoms with Crippen LogP contribution in [0.25, 0.3) is 0 Å². The van der Waals surface area contributed by atoms with Crippen molar-refractivity contribution >= 4 is 40.1 Å². The zero-order valence-electron chi connectivity index (χ0n) is 15.2. The number of aryl methyl sites for hydroxylation is 1. The second-order valence-electron chi connectivity index (χ2n) is 6.09. The highest BCUT2D eigenvalue weighted by atomic mass is 32.2. The van der Waals surface area contributed by atoms with Gasteiger partial charge in [-0.1, -0.05) is 30.8 Å². The number of carbonyl (C=O) groups excluding carboxylic acids is 2. The molecule has 1 saturated heterocycles. The van der Waals surface area contributed by atoms with Crippen molar-refractivity contribution in [2.45, 2.75) is 25.0 Å². The van der Waals surface area contributed by atoms with Gasteiger partial charge < -0.3 is 10.1 Å². The van der Waals surface area contributed by atoms with Crippen LogP contribution in [0.4, 0.5) is 11.4 Å². The normalized spacial score (nSPS) is 16.5. The number of rotatable bonds is 6. The van der Waals surface area contributed by atoms with Gasteiger partial charge in [0.2, 0.25) is 11.8 Å². The molecule has 3 rings (SSSR count).